The Bertz CT molecular complexity index is 633. The van der Waals surface area contributed by atoms with Crippen molar-refractivity contribution in [2.45, 2.75) is 19.3 Å². The van der Waals surface area contributed by atoms with Crippen LogP contribution in [0.5, 0.6) is 0 Å². The number of carbonyl (C=O) groups excluding carboxylic acids is 1. The molecule has 0 bridgehead atoms. The van der Waals surface area contributed by atoms with Crippen molar-refractivity contribution in [3.05, 3.63) is 47.0 Å². The monoisotopic (exact) mass is 346 g/mol. The van der Waals surface area contributed by atoms with Crippen LogP contribution >= 0.6 is 11.6 Å². The highest BCUT2D eigenvalue weighted by atomic mass is 35.5. The number of nitrogens with zero attached hydrogens (tertiary/aromatic N) is 3. The number of urea groups is 1. The molecule has 1 N–H and O–H groups in total. The Morgan fingerprint density at radius 2 is 2.00 bits per heavy atom. The van der Waals surface area contributed by atoms with Gasteiger partial charge in [0.25, 0.3) is 0 Å². The van der Waals surface area contributed by atoms with Crippen LogP contribution in [0, 0.1) is 5.92 Å². The minimum absolute atomic E-state index is 0.0568. The Hall–Kier alpha value is -2.01. The molecule has 2 heterocycles. The fourth-order valence-corrected chi connectivity index (χ4v) is 3.25. The summed E-state index contributed by atoms with van der Waals surface area (Å²) in [6.45, 7) is 2.35. The lowest BCUT2D eigenvalue weighted by molar-refractivity contribution is 0.174. The fraction of sp³-hybridized carbons (Fsp3) is 0.444. The minimum Gasteiger partial charge on any atom is -0.324 e. The van der Waals surface area contributed by atoms with E-state index in [2.05, 4.69) is 22.6 Å². The molecule has 1 aromatic rings. The molecule has 2 aliphatic rings. The van der Waals surface area contributed by atoms with E-state index in [1.807, 2.05) is 36.2 Å². The van der Waals surface area contributed by atoms with Crippen molar-refractivity contribution >= 4 is 23.5 Å². The zero-order valence-electron chi connectivity index (χ0n) is 13.9. The number of halogens is 1. The first-order valence-corrected chi connectivity index (χ1v) is 8.74. The predicted molar refractivity (Wildman–Crippen MR) is 97.2 cm³/mol. The topological polar surface area (TPSA) is 47.9 Å². The van der Waals surface area contributed by atoms with Crippen LogP contribution in [0.2, 0.25) is 5.02 Å². The van der Waals surface area contributed by atoms with E-state index in [1.165, 1.54) is 5.56 Å². The molecule has 6 heteroatoms. The van der Waals surface area contributed by atoms with E-state index in [-0.39, 0.29) is 6.03 Å². The number of amides is 2. The Morgan fingerprint density at radius 3 is 2.67 bits per heavy atom. The average molecular weight is 347 g/mol. The molecule has 0 saturated carbocycles. The first-order valence-electron chi connectivity index (χ1n) is 8.37. The highest BCUT2D eigenvalue weighted by Crippen LogP contribution is 2.22. The second-order valence-electron chi connectivity index (χ2n) is 6.42. The van der Waals surface area contributed by atoms with Crippen LogP contribution in [0.4, 0.5) is 4.79 Å². The summed E-state index contributed by atoms with van der Waals surface area (Å²) in [5, 5.41) is 9.75. The molecule has 0 unspecified atom stereocenters. The molecule has 1 saturated heterocycles. The summed E-state index contributed by atoms with van der Waals surface area (Å²) < 4.78 is 0. The number of likely N-dealkylation sites (N-methyl/N-ethyl adjacent to an activating group) is 1. The van der Waals surface area contributed by atoms with E-state index in [0.717, 1.165) is 43.9 Å². The number of amidine groups is 1. The van der Waals surface area contributed by atoms with E-state index in [1.54, 1.807) is 5.01 Å². The predicted octanol–water partition coefficient (Wildman–Crippen LogP) is 3.12. The summed E-state index contributed by atoms with van der Waals surface area (Å²) in [6, 6.07) is 8.00. The first-order chi connectivity index (χ1) is 11.6. The third-order valence-electron chi connectivity index (χ3n) is 4.50. The smallest absolute Gasteiger partial charge is 0.323 e. The van der Waals surface area contributed by atoms with Crippen molar-refractivity contribution in [1.29, 1.82) is 0 Å². The molecule has 3 rings (SSSR count). The summed E-state index contributed by atoms with van der Waals surface area (Å²) >= 11 is 5.93. The molecule has 0 atom stereocenters. The van der Waals surface area contributed by atoms with Crippen molar-refractivity contribution in [1.82, 2.24) is 15.2 Å². The Labute approximate surface area is 148 Å². The van der Waals surface area contributed by atoms with Gasteiger partial charge in [0.2, 0.25) is 0 Å². The lowest BCUT2D eigenvalue weighted by Gasteiger charge is -2.32. The van der Waals surface area contributed by atoms with Gasteiger partial charge < -0.3 is 4.90 Å². The summed E-state index contributed by atoms with van der Waals surface area (Å²) in [7, 11) is 1.89. The van der Waals surface area contributed by atoms with E-state index < -0.39 is 0 Å². The highest BCUT2D eigenvalue weighted by Gasteiger charge is 2.23. The molecule has 0 aliphatic carbocycles. The summed E-state index contributed by atoms with van der Waals surface area (Å²) in [4.78, 5) is 14.2. The number of benzene rings is 1. The van der Waals surface area contributed by atoms with Gasteiger partial charge in [0, 0.05) is 25.2 Å². The maximum atomic E-state index is 12.3. The number of hydrazone groups is 1. The zero-order valence-corrected chi connectivity index (χ0v) is 14.7. The van der Waals surface area contributed by atoms with Crippen molar-refractivity contribution in [3.63, 3.8) is 0 Å². The van der Waals surface area contributed by atoms with Crippen LogP contribution in [-0.2, 0) is 6.42 Å². The maximum absolute atomic E-state index is 12.3. The SMILES string of the molecule is CN1CC=CC(NC(=O)N2CCC(Cc3ccc(Cl)cc3)CC2)=N1. The Kier molecular flexibility index (Phi) is 5.41. The first kappa shape index (κ1) is 16.8. The van der Waals surface area contributed by atoms with E-state index in [9.17, 15) is 4.79 Å². The van der Waals surface area contributed by atoms with Gasteiger partial charge in [-0.1, -0.05) is 29.8 Å². The van der Waals surface area contributed by atoms with Gasteiger partial charge in [0.15, 0.2) is 5.84 Å². The Balaban J connectivity index is 1.47. The molecule has 0 radical (unpaired) electrons. The molecular weight excluding hydrogens is 324 g/mol. The number of piperidine rings is 1. The Morgan fingerprint density at radius 1 is 1.29 bits per heavy atom. The lowest BCUT2D eigenvalue weighted by Crippen LogP contribution is -2.47. The standard InChI is InChI=1S/C18H23ClN4O/c1-22-10-2-3-17(21-22)20-18(24)23-11-8-15(9-12-23)13-14-4-6-16(19)7-5-14/h2-7,15H,8-13H2,1H3,(H,20,21,24). The zero-order chi connectivity index (χ0) is 16.9. The van der Waals surface area contributed by atoms with Gasteiger partial charge in [-0.15, -0.1) is 0 Å². The van der Waals surface area contributed by atoms with Crippen LogP contribution in [0.25, 0.3) is 0 Å². The normalized spacial score (nSPS) is 18.5. The van der Waals surface area contributed by atoms with Crippen molar-refractivity contribution < 1.29 is 4.79 Å². The van der Waals surface area contributed by atoms with Gasteiger partial charge in [-0.3, -0.25) is 10.3 Å². The molecule has 5 nitrogen and oxygen atoms in total. The molecule has 2 amide bonds. The summed E-state index contributed by atoms with van der Waals surface area (Å²) in [5.41, 5.74) is 1.31. The van der Waals surface area contributed by atoms with E-state index >= 15 is 0 Å². The van der Waals surface area contributed by atoms with Gasteiger partial charge in [0.1, 0.15) is 0 Å². The van der Waals surface area contributed by atoms with Gasteiger partial charge in [0.05, 0.1) is 6.54 Å². The van der Waals surface area contributed by atoms with Crippen LogP contribution in [0.1, 0.15) is 18.4 Å². The lowest BCUT2D eigenvalue weighted by atomic mass is 9.90. The molecule has 0 spiro atoms. The molecule has 2 aliphatic heterocycles. The number of rotatable bonds is 2. The van der Waals surface area contributed by atoms with E-state index in [0.29, 0.717) is 11.8 Å². The number of carbonyl (C=O) groups is 1. The van der Waals surface area contributed by atoms with Crippen molar-refractivity contribution in [2.75, 3.05) is 26.7 Å². The number of hydrogen-bond acceptors (Lipinski definition) is 3. The van der Waals surface area contributed by atoms with Gasteiger partial charge >= 0.3 is 6.03 Å². The van der Waals surface area contributed by atoms with Crippen molar-refractivity contribution in [3.8, 4) is 0 Å². The van der Waals surface area contributed by atoms with Gasteiger partial charge in [-0.05, 0) is 49.0 Å². The molecule has 1 fully saturated rings. The minimum atomic E-state index is -0.0568. The molecule has 24 heavy (non-hydrogen) atoms. The van der Waals surface area contributed by atoms with Crippen LogP contribution in [-0.4, -0.2) is 48.5 Å². The second kappa shape index (κ2) is 7.71. The number of nitrogens with one attached hydrogen (secondary N) is 1. The molecule has 1 aromatic carbocycles. The summed E-state index contributed by atoms with van der Waals surface area (Å²) in [6.07, 6.45) is 6.94. The molecular formula is C18H23ClN4O. The summed E-state index contributed by atoms with van der Waals surface area (Å²) in [5.74, 6) is 1.23. The maximum Gasteiger partial charge on any atom is 0.323 e. The van der Waals surface area contributed by atoms with Crippen LogP contribution in [0.3, 0.4) is 0 Å². The van der Waals surface area contributed by atoms with Crippen LogP contribution < -0.4 is 5.32 Å². The number of likely N-dealkylation sites (tertiary alicyclic amines) is 1. The largest absolute Gasteiger partial charge is 0.324 e. The van der Waals surface area contributed by atoms with Crippen LogP contribution in [0.15, 0.2) is 41.5 Å². The number of hydrogen-bond donors (Lipinski definition) is 1. The van der Waals surface area contributed by atoms with Gasteiger partial charge in [-0.2, -0.15) is 5.10 Å². The molecule has 0 aromatic heterocycles. The fourth-order valence-electron chi connectivity index (χ4n) is 3.12. The third-order valence-corrected chi connectivity index (χ3v) is 4.75. The second-order valence-corrected chi connectivity index (χ2v) is 6.86. The molecule has 128 valence electrons. The quantitative estimate of drug-likeness (QED) is 0.894. The highest BCUT2D eigenvalue weighted by molar-refractivity contribution is 6.30. The average Bonchev–Trinajstić information content (AvgIpc) is 2.57. The van der Waals surface area contributed by atoms with E-state index in [4.69, 9.17) is 11.6 Å². The van der Waals surface area contributed by atoms with Gasteiger partial charge in [-0.25, -0.2) is 4.79 Å². The van der Waals surface area contributed by atoms with Crippen molar-refractivity contribution in [2.24, 2.45) is 11.0 Å². The third kappa shape index (κ3) is 4.51.